The van der Waals surface area contributed by atoms with Gasteiger partial charge in [-0.25, -0.2) is 9.78 Å². The van der Waals surface area contributed by atoms with E-state index < -0.39 is 58.7 Å². The molecule has 3 aromatic carbocycles. The first kappa shape index (κ1) is 53.9. The Morgan fingerprint density at radius 1 is 1.00 bits per heavy atom. The summed E-state index contributed by atoms with van der Waals surface area (Å²) in [6.45, 7) is 11.7. The van der Waals surface area contributed by atoms with Crippen molar-refractivity contribution in [3.05, 3.63) is 102 Å². The summed E-state index contributed by atoms with van der Waals surface area (Å²) in [5.74, 6) is -3.59. The summed E-state index contributed by atoms with van der Waals surface area (Å²) in [6, 6.07) is 17.2. The lowest BCUT2D eigenvalue weighted by Gasteiger charge is -2.40. The Bertz CT molecular complexity index is 2920. The molecular formula is C55H72N10O8. The summed E-state index contributed by atoms with van der Waals surface area (Å²) in [4.78, 5) is 80.0. The van der Waals surface area contributed by atoms with Crippen LogP contribution in [-0.4, -0.2) is 146 Å². The first-order valence-electron chi connectivity index (χ1n) is 24.9. The number of nitrogens with one attached hydrogen (secondary N) is 3. The van der Waals surface area contributed by atoms with E-state index in [1.54, 1.807) is 33.0 Å². The first-order valence-corrected chi connectivity index (χ1v) is 24.9. The van der Waals surface area contributed by atoms with Crippen molar-refractivity contribution in [3.63, 3.8) is 0 Å². The van der Waals surface area contributed by atoms with Gasteiger partial charge in [-0.2, -0.15) is 5.43 Å². The molecule has 2 aliphatic rings. The van der Waals surface area contributed by atoms with Gasteiger partial charge in [-0.05, 0) is 106 Å². The average molecular weight is 1000 g/mol. The predicted octanol–water partition coefficient (Wildman–Crippen LogP) is 5.32. The number of aliphatic hydroxyl groups is 1. The quantitative estimate of drug-likeness (QED) is 0.0752. The molecule has 3 atom stereocenters. The highest BCUT2D eigenvalue weighted by Crippen LogP contribution is 2.42. The highest BCUT2D eigenvalue weighted by atomic mass is 16.6. The van der Waals surface area contributed by atoms with Gasteiger partial charge in [0.05, 0.1) is 18.5 Å². The third kappa shape index (κ3) is 12.0. The van der Waals surface area contributed by atoms with Crippen molar-refractivity contribution in [3.8, 4) is 28.1 Å². The maximum absolute atomic E-state index is 14.9. The van der Waals surface area contributed by atoms with E-state index in [4.69, 9.17) is 4.74 Å². The minimum Gasteiger partial charge on any atom is -0.508 e. The molecular weight excluding hydrogens is 929 g/mol. The number of aromatic hydroxyl groups is 1. The molecule has 1 fully saturated rings. The van der Waals surface area contributed by atoms with Gasteiger partial charge < -0.3 is 49.4 Å². The van der Waals surface area contributed by atoms with Gasteiger partial charge >= 0.3 is 5.97 Å². The van der Waals surface area contributed by atoms with E-state index in [1.165, 1.54) is 34.9 Å². The van der Waals surface area contributed by atoms with Crippen molar-refractivity contribution in [2.45, 2.75) is 91.2 Å². The van der Waals surface area contributed by atoms with Crippen LogP contribution in [-0.2, 0) is 56.9 Å². The maximum atomic E-state index is 14.9. The fraction of sp³-hybridized carbons (Fsp3) is 0.455. The van der Waals surface area contributed by atoms with Gasteiger partial charge in [0.15, 0.2) is 0 Å². The molecule has 7 rings (SSSR count). The van der Waals surface area contributed by atoms with Gasteiger partial charge in [0.25, 0.3) is 11.8 Å². The molecule has 4 amide bonds. The smallest absolute Gasteiger partial charge is 0.355 e. The van der Waals surface area contributed by atoms with Crippen LogP contribution in [0.1, 0.15) is 74.8 Å². The SMILES string of the molecule is CCn1c(-c2ccccc2CN(C)C)c2c3cc(ccc31)-c1cc(O)cc(c1)C[C@H](NC(=O)[C@@H](C(C)C)N(C)C(=O)c1ncc(NC(=O)/C=C/CN(C)C)n1C)C(=O)N1CCC[C@@](O)(N1)C(=O)OCC(C)(C)C2. The number of nitrogens with zero attached hydrogens (tertiary/aromatic N) is 7. The fourth-order valence-electron chi connectivity index (χ4n) is 10.0. The largest absolute Gasteiger partial charge is 0.508 e. The van der Waals surface area contributed by atoms with Gasteiger partial charge in [0.1, 0.15) is 23.7 Å². The Morgan fingerprint density at radius 2 is 1.74 bits per heavy atom. The zero-order valence-corrected chi connectivity index (χ0v) is 44.1. The summed E-state index contributed by atoms with van der Waals surface area (Å²) in [5, 5.41) is 31.1. The van der Waals surface area contributed by atoms with Crippen molar-refractivity contribution in [1.82, 2.24) is 44.6 Å². The molecule has 5 aromatic rings. The van der Waals surface area contributed by atoms with E-state index >= 15 is 0 Å². The topological polar surface area (TPSA) is 207 Å². The number of imidazole rings is 1. The number of carbonyl (C=O) groups excluding carboxylic acids is 5. The Kier molecular flexibility index (Phi) is 16.3. The van der Waals surface area contributed by atoms with Crippen molar-refractivity contribution in [1.29, 1.82) is 0 Å². The number of benzene rings is 3. The Morgan fingerprint density at radius 3 is 2.44 bits per heavy atom. The van der Waals surface area contributed by atoms with Crippen LogP contribution >= 0.6 is 0 Å². The molecule has 0 radical (unpaired) electrons. The molecule has 4 heterocycles. The van der Waals surface area contributed by atoms with Gasteiger partial charge in [-0.15, -0.1) is 0 Å². The zero-order chi connectivity index (χ0) is 53.1. The molecule has 18 nitrogen and oxygen atoms in total. The van der Waals surface area contributed by atoms with E-state index in [0.717, 1.165) is 43.9 Å². The monoisotopic (exact) mass is 1000 g/mol. The molecule has 0 unspecified atom stereocenters. The molecule has 2 aromatic heterocycles. The molecule has 390 valence electrons. The number of aryl methyl sites for hydroxylation is 1. The zero-order valence-electron chi connectivity index (χ0n) is 44.1. The lowest BCUT2D eigenvalue weighted by Crippen LogP contribution is -2.67. The summed E-state index contributed by atoms with van der Waals surface area (Å²) in [6.07, 6.45) is 5.01. The molecule has 5 N–H and O–H groups in total. The van der Waals surface area contributed by atoms with E-state index in [2.05, 4.69) is 61.7 Å². The third-order valence-electron chi connectivity index (χ3n) is 13.5. The van der Waals surface area contributed by atoms with Gasteiger partial charge in [0.2, 0.25) is 23.4 Å². The van der Waals surface area contributed by atoms with Gasteiger partial charge in [-0.3, -0.25) is 24.2 Å². The lowest BCUT2D eigenvalue weighted by atomic mass is 9.83. The maximum Gasteiger partial charge on any atom is 0.355 e. The highest BCUT2D eigenvalue weighted by molar-refractivity contribution is 6.01. The number of rotatable bonds is 13. The number of anilines is 1. The van der Waals surface area contributed by atoms with Crippen LogP contribution < -0.4 is 16.1 Å². The van der Waals surface area contributed by atoms with E-state index in [1.807, 2.05) is 71.2 Å². The number of hydrogen-bond acceptors (Lipinski definition) is 12. The van der Waals surface area contributed by atoms with Gasteiger partial charge in [-0.1, -0.05) is 70.2 Å². The predicted molar refractivity (Wildman–Crippen MR) is 281 cm³/mol. The number of phenols is 1. The molecule has 0 saturated carbocycles. The fourth-order valence-corrected chi connectivity index (χ4v) is 10.0. The van der Waals surface area contributed by atoms with Crippen LogP contribution in [0.25, 0.3) is 33.3 Å². The minimum absolute atomic E-state index is 0.0397. The molecule has 0 spiro atoms. The van der Waals surface area contributed by atoms with E-state index in [0.29, 0.717) is 37.2 Å². The van der Waals surface area contributed by atoms with Gasteiger partial charge in [0, 0.05) is 81.1 Å². The number of hydrogen-bond donors (Lipinski definition) is 5. The Labute approximate surface area is 427 Å². The Balaban J connectivity index is 1.28. The highest BCUT2D eigenvalue weighted by Gasteiger charge is 2.45. The van der Waals surface area contributed by atoms with Crippen LogP contribution in [0.3, 0.4) is 0 Å². The molecule has 6 bridgehead atoms. The Hall–Kier alpha value is -6.86. The van der Waals surface area contributed by atoms with Crippen LogP contribution in [0.4, 0.5) is 5.82 Å². The number of aromatic nitrogens is 3. The number of carbonyl (C=O) groups is 5. The van der Waals surface area contributed by atoms with Crippen molar-refractivity contribution in [2.24, 2.45) is 18.4 Å². The van der Waals surface area contributed by atoms with E-state index in [9.17, 15) is 34.2 Å². The van der Waals surface area contributed by atoms with Crippen LogP contribution in [0, 0.1) is 11.3 Å². The van der Waals surface area contributed by atoms with Crippen LogP contribution in [0.15, 0.2) is 79.0 Å². The summed E-state index contributed by atoms with van der Waals surface area (Å²) in [7, 11) is 10.9. The molecule has 18 heteroatoms. The summed E-state index contributed by atoms with van der Waals surface area (Å²) in [5.41, 5.74) is 7.21. The number of amides is 4. The molecule has 0 aliphatic carbocycles. The number of hydrazine groups is 1. The standard InChI is InChI=1S/C55H72N10O8/c1-12-64-44-21-20-36-29-41(44)42(48(64)40-18-14-13-17-37(40)32-61(8)9)30-54(4,5)33-73-53(71)55(72)22-16-24-65(59-55)51(69)43(27-35-25-38(36)28-39(66)26-35)57-50(68)47(34(2)3)63(11)52(70)49-56-31-45(62(49)10)58-46(67)19-15-23-60(6)7/h13-15,17-21,25-26,28-29,31,34,43,47,59,66,72H,12,16,22-24,27,30,32-33H2,1-11H3,(H,57,68)(H,58,67)/b19-15+/t43-,47+,55-/m0/s1. The second kappa shape index (κ2) is 22.1. The second-order valence-electron chi connectivity index (χ2n) is 21.1. The first-order chi connectivity index (χ1) is 34.5. The summed E-state index contributed by atoms with van der Waals surface area (Å²) < 4.78 is 9.74. The van der Waals surface area contributed by atoms with E-state index in [-0.39, 0.29) is 49.8 Å². The number of fused-ring (bicyclic) bond motifs is 6. The number of likely N-dealkylation sites (N-methyl/N-ethyl adjacent to an activating group) is 2. The van der Waals surface area contributed by atoms with Crippen LogP contribution in [0.2, 0.25) is 0 Å². The number of ether oxygens (including phenoxy) is 1. The van der Waals surface area contributed by atoms with Crippen molar-refractivity contribution in [2.75, 3.05) is 60.3 Å². The number of esters is 1. The van der Waals surface area contributed by atoms with Crippen molar-refractivity contribution < 1.29 is 38.9 Å². The molecule has 73 heavy (non-hydrogen) atoms. The number of phenolic OH excluding ortho intramolecular Hbond substituents is 1. The average Bonchev–Trinajstić information content (AvgIpc) is 3.83. The number of cyclic esters (lactones) is 1. The normalized spacial score (nSPS) is 18.8. The minimum atomic E-state index is -2.28. The second-order valence-corrected chi connectivity index (χ2v) is 21.1. The van der Waals surface area contributed by atoms with Crippen molar-refractivity contribution >= 4 is 46.3 Å². The molecule has 1 saturated heterocycles. The lowest BCUT2D eigenvalue weighted by molar-refractivity contribution is -0.189. The third-order valence-corrected chi connectivity index (χ3v) is 13.5. The molecule has 2 aliphatic heterocycles. The van der Waals surface area contributed by atoms with Crippen LogP contribution in [0.5, 0.6) is 5.75 Å². The summed E-state index contributed by atoms with van der Waals surface area (Å²) >= 11 is 0.